The summed E-state index contributed by atoms with van der Waals surface area (Å²) in [5, 5.41) is 15.2. The minimum Gasteiger partial charge on any atom is -0.306 e. The van der Waals surface area contributed by atoms with Crippen LogP contribution >= 0.6 is 46.4 Å². The molecule has 0 aliphatic carbocycles. The van der Waals surface area contributed by atoms with Crippen molar-refractivity contribution in [1.82, 2.24) is 67.5 Å². The summed E-state index contributed by atoms with van der Waals surface area (Å²) in [6.07, 6.45) is -11.6. The van der Waals surface area contributed by atoms with Crippen molar-refractivity contribution in [3.63, 3.8) is 0 Å². The van der Waals surface area contributed by atoms with Crippen LogP contribution in [0.5, 0.6) is 0 Å². The summed E-state index contributed by atoms with van der Waals surface area (Å²) in [4.78, 5) is 93.3. The van der Waals surface area contributed by atoms with Crippen molar-refractivity contribution in [1.29, 1.82) is 0 Å². The Balaban J connectivity index is 0.000000141. The number of nitrogens with one attached hydrogen (secondary N) is 3. The fourth-order valence-corrected chi connectivity index (χ4v) is 11.9. The van der Waals surface area contributed by atoms with Crippen molar-refractivity contribution in [2.45, 2.75) is 38.2 Å². The number of benzene rings is 7. The highest BCUT2D eigenvalue weighted by atomic mass is 35.5. The molecule has 0 bridgehead atoms. The molecule has 8 heterocycles. The maximum absolute atomic E-state index is 13.1. The number of hydrogen-bond acceptors (Lipinski definition) is 11. The number of hydrogen-bond donors (Lipinski definition) is 3. The normalized spacial score (nSPS) is 11.8. The summed E-state index contributed by atoms with van der Waals surface area (Å²) in [6.45, 7) is -0.473. The Morgan fingerprint density at radius 2 is 0.585 bits per heavy atom. The summed E-state index contributed by atoms with van der Waals surface area (Å²) in [5.41, 5.74) is 0.909. The number of rotatable bonds is 12. The van der Waals surface area contributed by atoms with E-state index in [1.807, 2.05) is 60.7 Å². The van der Waals surface area contributed by atoms with Gasteiger partial charge in [0.05, 0.1) is 59.0 Å². The molecule has 8 aromatic heterocycles. The van der Waals surface area contributed by atoms with Gasteiger partial charge in [0.2, 0.25) is 0 Å². The predicted molar refractivity (Wildman–Crippen MR) is 380 cm³/mol. The molecule has 0 atom stereocenters. The molecule has 33 heteroatoms. The van der Waals surface area contributed by atoms with Crippen LogP contribution in [0.3, 0.4) is 0 Å². The number of aromatic amines is 3. The minimum atomic E-state index is -4.59. The van der Waals surface area contributed by atoms with Gasteiger partial charge in [-0.3, -0.25) is 9.97 Å². The van der Waals surface area contributed by atoms with Crippen LogP contribution in [0.4, 0.5) is 39.5 Å². The van der Waals surface area contributed by atoms with Gasteiger partial charge in [-0.1, -0.05) is 180 Å². The lowest BCUT2D eigenvalue weighted by Crippen LogP contribution is -2.30. The van der Waals surface area contributed by atoms with E-state index in [2.05, 4.69) is 40.2 Å². The molecule has 0 amide bonds. The molecule has 0 aliphatic heterocycles. The minimum absolute atomic E-state index is 0.0656. The van der Waals surface area contributed by atoms with Gasteiger partial charge in [-0.25, -0.2) is 42.8 Å². The predicted octanol–water partition coefficient (Wildman–Crippen LogP) is 15.2. The van der Waals surface area contributed by atoms with Gasteiger partial charge in [0.1, 0.15) is 11.4 Å². The second-order valence-electron chi connectivity index (χ2n) is 23.4. The van der Waals surface area contributed by atoms with Gasteiger partial charge in [-0.2, -0.15) is 52.7 Å². The molecule has 0 saturated carbocycles. The van der Waals surface area contributed by atoms with Crippen LogP contribution in [-0.4, -0.2) is 67.5 Å². The van der Waals surface area contributed by atoms with Crippen LogP contribution in [0.1, 0.15) is 33.6 Å². The first-order valence-corrected chi connectivity index (χ1v) is 32.7. The third-order valence-corrected chi connectivity index (χ3v) is 17.4. The standard InChI is InChI=1S/C25H16ClF3N4O2.C24H14Cl2F3N5O2.C24H15ClF3N5O2/c26-19-12-8-17(9-13-19)21-20(16-4-2-1-3-5-16)22-31-32(24(35)33(22)23(34)30-21)14-15-6-10-18(11-7-15)25(27,28)29;25-16-6-2-14(3-7-16)19-20(15-4-8-17(26)9-5-15)31-22(35)34-21(19)32-33(23(34)36)12-13-1-10-18(30-11-13)24(27,28)29;25-17-9-7-16(8-10-17)20-19(15-4-2-1-3-5-15)21-31-32(23(35)33(21)22(34)30-20)13-14-6-11-18(29-12-14)24(26,27)28/h1-13H,14H2,(H,30,34);1-11H,12H2,(H,31,35);1-12H,13H2,(H,30,34). The Hall–Kier alpha value is -12.2. The van der Waals surface area contributed by atoms with Crippen LogP contribution in [0, 0.1) is 0 Å². The smallest absolute Gasteiger partial charge is 0.306 e. The van der Waals surface area contributed by atoms with Crippen molar-refractivity contribution in [3.8, 4) is 67.2 Å². The summed E-state index contributed by atoms with van der Waals surface area (Å²) in [5.74, 6) is 0. The highest BCUT2D eigenvalue weighted by Crippen LogP contribution is 2.38. The molecule has 534 valence electrons. The first kappa shape index (κ1) is 72.2. The number of halogens is 13. The van der Waals surface area contributed by atoms with Gasteiger partial charge in [-0.15, -0.1) is 15.3 Å². The maximum Gasteiger partial charge on any atom is 0.433 e. The number of aromatic nitrogens is 14. The zero-order valence-corrected chi connectivity index (χ0v) is 56.7. The van der Waals surface area contributed by atoms with E-state index in [1.54, 1.807) is 97.1 Å². The SMILES string of the molecule is O=c1[nH]c(-c2ccc(Cl)cc2)c(-c2ccc(Cl)cc2)c2nn(Cc3ccc(C(F)(F)F)nc3)c(=O)n12.O=c1[nH]c(-c2ccc(Cl)cc2)c(-c2ccccc2)c2nn(Cc3ccc(C(F)(F)F)cc3)c(=O)n12.O=c1[nH]c(-c2ccc(Cl)cc2)c(-c2ccccc2)c2nn(Cc3ccc(C(F)(F)F)nc3)c(=O)n12. The van der Waals surface area contributed by atoms with E-state index in [9.17, 15) is 68.3 Å². The number of fused-ring (bicyclic) bond motifs is 3. The molecule has 7 aromatic carbocycles. The fourth-order valence-electron chi connectivity index (χ4n) is 11.4. The van der Waals surface area contributed by atoms with E-state index < -0.39 is 69.6 Å². The number of nitrogens with zero attached hydrogens (tertiary/aromatic N) is 11. The second-order valence-corrected chi connectivity index (χ2v) is 25.1. The van der Waals surface area contributed by atoms with E-state index in [1.165, 1.54) is 24.3 Å². The molecular formula is C73H45Cl4F9N14O6. The third kappa shape index (κ3) is 15.1. The van der Waals surface area contributed by atoms with Crippen molar-refractivity contribution >= 4 is 63.3 Å². The summed E-state index contributed by atoms with van der Waals surface area (Å²) >= 11 is 24.1. The Morgan fingerprint density at radius 1 is 0.311 bits per heavy atom. The van der Waals surface area contributed by atoms with Crippen molar-refractivity contribution < 1.29 is 39.5 Å². The van der Waals surface area contributed by atoms with Gasteiger partial charge in [0.25, 0.3) is 0 Å². The molecule has 106 heavy (non-hydrogen) atoms. The molecule has 0 radical (unpaired) electrons. The Bertz CT molecular complexity index is 5910. The van der Waals surface area contributed by atoms with Crippen LogP contribution in [0.2, 0.25) is 20.1 Å². The summed E-state index contributed by atoms with van der Waals surface area (Å²) < 4.78 is 121. The van der Waals surface area contributed by atoms with Crippen LogP contribution in [0.15, 0.2) is 247 Å². The van der Waals surface area contributed by atoms with Crippen LogP contribution in [-0.2, 0) is 38.2 Å². The summed E-state index contributed by atoms with van der Waals surface area (Å²) in [6, 6.07) is 53.9. The van der Waals surface area contributed by atoms with Gasteiger partial charge in [-0.05, 0) is 123 Å². The lowest BCUT2D eigenvalue weighted by atomic mass is 10.00. The average molecular weight is 1530 g/mol. The average Bonchev–Trinajstić information content (AvgIpc) is 1.58. The van der Waals surface area contributed by atoms with E-state index in [0.29, 0.717) is 104 Å². The zero-order chi connectivity index (χ0) is 75.1. The lowest BCUT2D eigenvalue weighted by molar-refractivity contribution is -0.142. The molecule has 0 saturated heterocycles. The van der Waals surface area contributed by atoms with Gasteiger partial charge in [0.15, 0.2) is 16.9 Å². The van der Waals surface area contributed by atoms with Crippen LogP contribution < -0.4 is 34.1 Å². The van der Waals surface area contributed by atoms with Gasteiger partial charge in [0, 0.05) is 32.5 Å². The summed E-state index contributed by atoms with van der Waals surface area (Å²) in [7, 11) is 0. The molecule has 20 nitrogen and oxygen atoms in total. The molecule has 0 unspecified atom stereocenters. The third-order valence-electron chi connectivity index (χ3n) is 16.4. The largest absolute Gasteiger partial charge is 0.433 e. The van der Waals surface area contributed by atoms with Crippen molar-refractivity contribution in [2.75, 3.05) is 0 Å². The van der Waals surface area contributed by atoms with Crippen molar-refractivity contribution in [3.05, 3.63) is 335 Å². The first-order valence-electron chi connectivity index (χ1n) is 31.2. The van der Waals surface area contributed by atoms with Crippen LogP contribution in [0.25, 0.3) is 84.1 Å². The van der Waals surface area contributed by atoms with E-state index in [4.69, 9.17) is 46.4 Å². The van der Waals surface area contributed by atoms with Crippen molar-refractivity contribution in [2.24, 2.45) is 0 Å². The second kappa shape index (κ2) is 29.2. The Morgan fingerprint density at radius 3 is 0.858 bits per heavy atom. The van der Waals surface area contributed by atoms with E-state index in [0.717, 1.165) is 63.9 Å². The Labute approximate surface area is 607 Å². The highest BCUT2D eigenvalue weighted by molar-refractivity contribution is 6.31. The molecule has 3 N–H and O–H groups in total. The maximum atomic E-state index is 13.1. The van der Waals surface area contributed by atoms with Gasteiger partial charge >= 0.3 is 52.7 Å². The molecular weight excluding hydrogens is 1480 g/mol. The number of pyridine rings is 2. The number of H-pyrrole nitrogens is 3. The number of alkyl halides is 9. The molecule has 15 aromatic rings. The molecule has 0 spiro atoms. The van der Waals surface area contributed by atoms with Gasteiger partial charge < -0.3 is 15.0 Å². The monoisotopic (exact) mass is 1520 g/mol. The lowest BCUT2D eigenvalue weighted by Gasteiger charge is -2.11. The van der Waals surface area contributed by atoms with E-state index in [-0.39, 0.29) is 36.6 Å². The quantitative estimate of drug-likeness (QED) is 0.0971. The highest BCUT2D eigenvalue weighted by Gasteiger charge is 2.34. The fraction of sp³-hybridized carbons (Fsp3) is 0.0822. The Kier molecular flexibility index (Phi) is 19.9. The first-order chi connectivity index (χ1) is 50.6. The molecule has 0 aliphatic rings. The zero-order valence-electron chi connectivity index (χ0n) is 53.7. The molecule has 0 fully saturated rings. The van der Waals surface area contributed by atoms with E-state index >= 15 is 0 Å². The topological polar surface area (TPSA) is 242 Å². The molecule has 15 rings (SSSR count).